The minimum Gasteiger partial charge on any atom is -0.396 e. The Morgan fingerprint density at radius 1 is 1.29 bits per heavy atom. The standard InChI is InChI=1S/C11H25NO2/c1-10(9-13)5-4-7-12-8-6-11(2,3)14/h10,12-14H,4-9H2,1-3H3. The Morgan fingerprint density at radius 3 is 2.43 bits per heavy atom. The zero-order valence-corrected chi connectivity index (χ0v) is 9.71. The van der Waals surface area contributed by atoms with Crippen LogP contribution in [0.2, 0.25) is 0 Å². The van der Waals surface area contributed by atoms with Gasteiger partial charge in [0.15, 0.2) is 0 Å². The molecule has 1 unspecified atom stereocenters. The molecule has 0 rings (SSSR count). The van der Waals surface area contributed by atoms with Crippen molar-refractivity contribution in [2.45, 2.75) is 45.6 Å². The van der Waals surface area contributed by atoms with E-state index < -0.39 is 5.60 Å². The number of rotatable bonds is 8. The number of nitrogens with one attached hydrogen (secondary N) is 1. The molecule has 3 N–H and O–H groups in total. The van der Waals surface area contributed by atoms with Crippen molar-refractivity contribution in [1.29, 1.82) is 0 Å². The Kier molecular flexibility index (Phi) is 7.15. The average Bonchev–Trinajstić information content (AvgIpc) is 2.08. The fraction of sp³-hybridized carbons (Fsp3) is 1.00. The van der Waals surface area contributed by atoms with Gasteiger partial charge in [0.2, 0.25) is 0 Å². The SMILES string of the molecule is CC(CO)CCCNCCC(C)(C)O. The molecule has 0 aliphatic carbocycles. The van der Waals surface area contributed by atoms with E-state index in [9.17, 15) is 5.11 Å². The molecular weight excluding hydrogens is 178 g/mol. The smallest absolute Gasteiger partial charge is 0.0603 e. The molecule has 0 bridgehead atoms. The minimum absolute atomic E-state index is 0.281. The van der Waals surface area contributed by atoms with Gasteiger partial charge in [0.25, 0.3) is 0 Å². The predicted octanol–water partition coefficient (Wildman–Crippen LogP) is 1.15. The molecule has 0 amide bonds. The molecule has 0 aromatic rings. The van der Waals surface area contributed by atoms with E-state index in [1.807, 2.05) is 13.8 Å². The van der Waals surface area contributed by atoms with E-state index in [0.29, 0.717) is 5.92 Å². The van der Waals surface area contributed by atoms with Crippen LogP contribution < -0.4 is 5.32 Å². The molecule has 0 aromatic heterocycles. The molecule has 0 fully saturated rings. The number of hydrogen-bond donors (Lipinski definition) is 3. The van der Waals surface area contributed by atoms with Gasteiger partial charge in [0.05, 0.1) is 5.60 Å². The molecule has 0 aliphatic rings. The van der Waals surface area contributed by atoms with Crippen molar-refractivity contribution in [1.82, 2.24) is 5.32 Å². The van der Waals surface area contributed by atoms with Crippen LogP contribution in [0.25, 0.3) is 0 Å². The molecule has 0 aromatic carbocycles. The quantitative estimate of drug-likeness (QED) is 0.519. The molecule has 14 heavy (non-hydrogen) atoms. The van der Waals surface area contributed by atoms with E-state index in [4.69, 9.17) is 5.11 Å². The van der Waals surface area contributed by atoms with E-state index in [2.05, 4.69) is 12.2 Å². The van der Waals surface area contributed by atoms with Gasteiger partial charge in [-0.1, -0.05) is 6.92 Å². The maximum atomic E-state index is 9.43. The summed E-state index contributed by atoms with van der Waals surface area (Å²) in [6.07, 6.45) is 2.93. The Labute approximate surface area is 87.5 Å². The zero-order valence-electron chi connectivity index (χ0n) is 9.71. The maximum absolute atomic E-state index is 9.43. The van der Waals surface area contributed by atoms with Gasteiger partial charge in [0.1, 0.15) is 0 Å². The molecule has 86 valence electrons. The van der Waals surface area contributed by atoms with E-state index in [1.54, 1.807) is 0 Å². The molecule has 0 spiro atoms. The normalized spacial score (nSPS) is 14.4. The highest BCUT2D eigenvalue weighted by molar-refractivity contribution is 4.66. The third-order valence-electron chi connectivity index (χ3n) is 2.28. The first kappa shape index (κ1) is 13.9. The van der Waals surface area contributed by atoms with E-state index in [0.717, 1.165) is 32.4 Å². The maximum Gasteiger partial charge on any atom is 0.0603 e. The lowest BCUT2D eigenvalue weighted by Gasteiger charge is -2.17. The molecule has 1 atom stereocenters. The topological polar surface area (TPSA) is 52.5 Å². The van der Waals surface area contributed by atoms with Gasteiger partial charge in [-0.05, 0) is 52.1 Å². The van der Waals surface area contributed by atoms with Gasteiger partial charge in [-0.3, -0.25) is 0 Å². The van der Waals surface area contributed by atoms with Crippen LogP contribution in [0.15, 0.2) is 0 Å². The van der Waals surface area contributed by atoms with Crippen LogP contribution in [0.4, 0.5) is 0 Å². The first-order valence-corrected chi connectivity index (χ1v) is 5.49. The van der Waals surface area contributed by atoms with Crippen LogP contribution in [0.5, 0.6) is 0 Å². The van der Waals surface area contributed by atoms with Gasteiger partial charge >= 0.3 is 0 Å². The third kappa shape index (κ3) is 9.96. The van der Waals surface area contributed by atoms with Gasteiger partial charge < -0.3 is 15.5 Å². The Bertz CT molecular complexity index is 132. The fourth-order valence-electron chi connectivity index (χ4n) is 1.19. The van der Waals surface area contributed by atoms with Crippen molar-refractivity contribution in [3.8, 4) is 0 Å². The average molecular weight is 203 g/mol. The summed E-state index contributed by atoms with van der Waals surface area (Å²) in [6, 6.07) is 0. The van der Waals surface area contributed by atoms with Gasteiger partial charge in [-0.25, -0.2) is 0 Å². The van der Waals surface area contributed by atoms with Gasteiger partial charge in [-0.2, -0.15) is 0 Å². The molecular formula is C11H25NO2. The van der Waals surface area contributed by atoms with Crippen molar-refractivity contribution >= 4 is 0 Å². The van der Waals surface area contributed by atoms with E-state index in [1.165, 1.54) is 0 Å². The van der Waals surface area contributed by atoms with Crippen molar-refractivity contribution in [3.05, 3.63) is 0 Å². The third-order valence-corrected chi connectivity index (χ3v) is 2.28. The van der Waals surface area contributed by atoms with Crippen molar-refractivity contribution < 1.29 is 10.2 Å². The largest absolute Gasteiger partial charge is 0.396 e. The number of aliphatic hydroxyl groups is 2. The first-order chi connectivity index (χ1) is 6.45. The summed E-state index contributed by atoms with van der Waals surface area (Å²) in [5.41, 5.74) is -0.564. The summed E-state index contributed by atoms with van der Waals surface area (Å²) in [5, 5.41) is 21.5. The predicted molar refractivity (Wildman–Crippen MR) is 59.3 cm³/mol. The summed E-state index contributed by atoms with van der Waals surface area (Å²) in [7, 11) is 0. The van der Waals surface area contributed by atoms with E-state index in [-0.39, 0.29) is 6.61 Å². The summed E-state index contributed by atoms with van der Waals surface area (Å²) in [4.78, 5) is 0. The Morgan fingerprint density at radius 2 is 1.93 bits per heavy atom. The second kappa shape index (κ2) is 7.21. The second-order valence-electron chi connectivity index (χ2n) is 4.74. The van der Waals surface area contributed by atoms with Crippen LogP contribution >= 0.6 is 0 Å². The Balaban J connectivity index is 3.14. The molecule has 0 aliphatic heterocycles. The van der Waals surface area contributed by atoms with Crippen LogP contribution in [-0.2, 0) is 0 Å². The summed E-state index contributed by atoms with van der Waals surface area (Å²) in [6.45, 7) is 7.81. The lowest BCUT2D eigenvalue weighted by Crippen LogP contribution is -2.27. The minimum atomic E-state index is -0.564. The van der Waals surface area contributed by atoms with Gasteiger partial charge in [0, 0.05) is 6.61 Å². The monoisotopic (exact) mass is 203 g/mol. The first-order valence-electron chi connectivity index (χ1n) is 5.49. The highest BCUT2D eigenvalue weighted by atomic mass is 16.3. The zero-order chi connectivity index (χ0) is 11.0. The van der Waals surface area contributed by atoms with Crippen LogP contribution in [0.1, 0.15) is 40.0 Å². The molecule has 3 nitrogen and oxygen atoms in total. The lowest BCUT2D eigenvalue weighted by molar-refractivity contribution is 0.0712. The summed E-state index contributed by atoms with van der Waals surface area (Å²) >= 11 is 0. The molecule has 0 saturated heterocycles. The number of aliphatic hydroxyl groups excluding tert-OH is 1. The van der Waals surface area contributed by atoms with Crippen LogP contribution in [0, 0.1) is 5.92 Å². The molecule has 3 heteroatoms. The second-order valence-corrected chi connectivity index (χ2v) is 4.74. The van der Waals surface area contributed by atoms with Crippen molar-refractivity contribution in [3.63, 3.8) is 0 Å². The highest BCUT2D eigenvalue weighted by Gasteiger charge is 2.10. The summed E-state index contributed by atoms with van der Waals surface area (Å²) < 4.78 is 0. The molecule has 0 radical (unpaired) electrons. The fourth-order valence-corrected chi connectivity index (χ4v) is 1.19. The van der Waals surface area contributed by atoms with Crippen molar-refractivity contribution in [2.75, 3.05) is 19.7 Å². The summed E-state index contributed by atoms with van der Waals surface area (Å²) in [5.74, 6) is 0.408. The van der Waals surface area contributed by atoms with Crippen LogP contribution in [-0.4, -0.2) is 35.5 Å². The number of hydrogen-bond acceptors (Lipinski definition) is 3. The van der Waals surface area contributed by atoms with E-state index >= 15 is 0 Å². The highest BCUT2D eigenvalue weighted by Crippen LogP contribution is 2.05. The molecule has 0 heterocycles. The van der Waals surface area contributed by atoms with Crippen LogP contribution in [0.3, 0.4) is 0 Å². The Hall–Kier alpha value is -0.120. The van der Waals surface area contributed by atoms with Crippen molar-refractivity contribution in [2.24, 2.45) is 5.92 Å². The van der Waals surface area contributed by atoms with Gasteiger partial charge in [-0.15, -0.1) is 0 Å². The molecule has 0 saturated carbocycles. The lowest BCUT2D eigenvalue weighted by atomic mass is 10.1.